The molecular weight excluding hydrogens is 324 g/mol. The first-order valence-corrected chi connectivity index (χ1v) is 7.77. The smallest absolute Gasteiger partial charge is 0.309 e. The molecule has 0 spiro atoms. The molecular formula is C18H20N2O5. The van der Waals surface area contributed by atoms with Gasteiger partial charge in [-0.2, -0.15) is 0 Å². The topological polar surface area (TPSA) is 86.6 Å². The van der Waals surface area contributed by atoms with Crippen molar-refractivity contribution in [2.45, 2.75) is 13.3 Å². The zero-order chi connectivity index (χ0) is 18.2. The molecule has 7 heteroatoms. The number of rotatable bonds is 7. The number of nitrogens with one attached hydrogen (secondary N) is 1. The van der Waals surface area contributed by atoms with Gasteiger partial charge in [0.05, 0.1) is 13.0 Å². The average Bonchev–Trinajstić information content (AvgIpc) is 3.01. The molecule has 1 aromatic carbocycles. The number of carbonyl (C=O) groups is 3. The van der Waals surface area contributed by atoms with Crippen LogP contribution in [-0.4, -0.2) is 35.6 Å². The lowest BCUT2D eigenvalue weighted by atomic mass is 10.2. The Morgan fingerprint density at radius 2 is 1.88 bits per heavy atom. The van der Waals surface area contributed by atoms with Crippen LogP contribution < -0.4 is 10.1 Å². The highest BCUT2D eigenvalue weighted by atomic mass is 16.5. The molecule has 7 nitrogen and oxygen atoms in total. The van der Waals surface area contributed by atoms with E-state index in [9.17, 15) is 14.4 Å². The summed E-state index contributed by atoms with van der Waals surface area (Å²) < 4.78 is 11.9. The number of nitrogens with zero attached hydrogens (tertiary/aromatic N) is 1. The van der Waals surface area contributed by atoms with Crippen LogP contribution in [0.3, 0.4) is 0 Å². The van der Waals surface area contributed by atoms with E-state index in [0.29, 0.717) is 11.4 Å². The molecule has 0 saturated heterocycles. The molecule has 0 bridgehead atoms. The third kappa shape index (κ3) is 5.49. The van der Waals surface area contributed by atoms with Crippen molar-refractivity contribution in [2.24, 2.45) is 7.05 Å². The summed E-state index contributed by atoms with van der Waals surface area (Å²) >= 11 is 0. The van der Waals surface area contributed by atoms with Gasteiger partial charge in [0.2, 0.25) is 0 Å². The van der Waals surface area contributed by atoms with Crippen molar-refractivity contribution in [1.82, 2.24) is 9.88 Å². The molecule has 0 radical (unpaired) electrons. The predicted octanol–water partition coefficient (Wildman–Crippen LogP) is 1.60. The van der Waals surface area contributed by atoms with Gasteiger partial charge in [0.25, 0.3) is 11.8 Å². The maximum atomic E-state index is 11.8. The van der Waals surface area contributed by atoms with E-state index in [2.05, 4.69) is 5.32 Å². The number of ether oxygens (including phenoxy) is 2. The van der Waals surface area contributed by atoms with E-state index in [1.807, 2.05) is 31.2 Å². The van der Waals surface area contributed by atoms with Crippen LogP contribution in [0.15, 0.2) is 42.6 Å². The number of aryl methyl sites for hydroxylation is 2. The zero-order valence-corrected chi connectivity index (χ0v) is 14.2. The molecule has 0 aliphatic carbocycles. The maximum Gasteiger partial charge on any atom is 0.309 e. The van der Waals surface area contributed by atoms with Crippen LogP contribution in [0.2, 0.25) is 0 Å². The number of hydrogen-bond donors (Lipinski definition) is 1. The monoisotopic (exact) mass is 344 g/mol. The molecule has 132 valence electrons. The molecule has 25 heavy (non-hydrogen) atoms. The molecule has 2 rings (SSSR count). The number of carbonyl (C=O) groups excluding carboxylic acids is 3. The van der Waals surface area contributed by atoms with Gasteiger partial charge in [-0.3, -0.25) is 19.7 Å². The molecule has 0 atom stereocenters. The van der Waals surface area contributed by atoms with Gasteiger partial charge in [0.15, 0.2) is 6.61 Å². The third-order valence-corrected chi connectivity index (χ3v) is 3.45. The summed E-state index contributed by atoms with van der Waals surface area (Å²) in [7, 11) is 1.69. The maximum absolute atomic E-state index is 11.8. The number of aromatic nitrogens is 1. The summed E-state index contributed by atoms with van der Waals surface area (Å²) in [5.74, 6) is -1.10. The number of hydrogen-bond acceptors (Lipinski definition) is 5. The van der Waals surface area contributed by atoms with E-state index in [1.165, 1.54) is 0 Å². The fourth-order valence-corrected chi connectivity index (χ4v) is 2.10. The molecule has 0 saturated carbocycles. The number of esters is 1. The Kier molecular flexibility index (Phi) is 6.33. The quantitative estimate of drug-likeness (QED) is 0.771. The summed E-state index contributed by atoms with van der Waals surface area (Å²) in [5, 5.41) is 2.16. The van der Waals surface area contributed by atoms with Crippen molar-refractivity contribution < 1.29 is 23.9 Å². The highest BCUT2D eigenvalue weighted by molar-refractivity contribution is 6.04. The van der Waals surface area contributed by atoms with Crippen LogP contribution in [-0.2, 0) is 21.4 Å². The van der Waals surface area contributed by atoms with Gasteiger partial charge in [0, 0.05) is 13.2 Å². The van der Waals surface area contributed by atoms with Gasteiger partial charge in [-0.25, -0.2) is 0 Å². The Morgan fingerprint density at radius 3 is 2.56 bits per heavy atom. The second-order valence-corrected chi connectivity index (χ2v) is 5.41. The average molecular weight is 344 g/mol. The summed E-state index contributed by atoms with van der Waals surface area (Å²) in [4.78, 5) is 35.1. The van der Waals surface area contributed by atoms with Crippen molar-refractivity contribution in [3.8, 4) is 5.75 Å². The number of imide groups is 1. The molecule has 0 aliphatic rings. The third-order valence-electron chi connectivity index (χ3n) is 3.45. The number of amides is 2. The lowest BCUT2D eigenvalue weighted by Gasteiger charge is -2.09. The standard InChI is InChI=1S/C18H20N2O5/c1-13-6-3-4-8-15(13)24-11-9-17(22)25-12-16(21)19-18(23)14-7-5-10-20(14)2/h3-8,10H,9,11-12H2,1-2H3,(H,19,21,23). The normalized spacial score (nSPS) is 10.2. The lowest BCUT2D eigenvalue weighted by Crippen LogP contribution is -2.35. The van der Waals surface area contributed by atoms with Crippen molar-refractivity contribution in [1.29, 1.82) is 0 Å². The van der Waals surface area contributed by atoms with Crippen LogP contribution >= 0.6 is 0 Å². The van der Waals surface area contributed by atoms with E-state index in [-0.39, 0.29) is 13.0 Å². The molecule has 0 aliphatic heterocycles. The second kappa shape index (κ2) is 8.68. The Labute approximate surface area is 145 Å². The van der Waals surface area contributed by atoms with E-state index in [0.717, 1.165) is 5.56 Å². The number of benzene rings is 1. The zero-order valence-electron chi connectivity index (χ0n) is 14.2. The molecule has 1 N–H and O–H groups in total. The van der Waals surface area contributed by atoms with Crippen LogP contribution in [0.5, 0.6) is 5.75 Å². The predicted molar refractivity (Wildman–Crippen MR) is 90.1 cm³/mol. The first kappa shape index (κ1) is 18.3. The Morgan fingerprint density at radius 1 is 1.12 bits per heavy atom. The molecule has 2 aromatic rings. The largest absolute Gasteiger partial charge is 0.493 e. The van der Waals surface area contributed by atoms with Gasteiger partial charge < -0.3 is 14.0 Å². The highest BCUT2D eigenvalue weighted by Gasteiger charge is 2.14. The van der Waals surface area contributed by atoms with E-state index < -0.39 is 24.4 Å². The minimum absolute atomic E-state index is 0.00731. The van der Waals surface area contributed by atoms with Gasteiger partial charge in [-0.1, -0.05) is 18.2 Å². The summed E-state index contributed by atoms with van der Waals surface area (Å²) in [5.41, 5.74) is 1.31. The molecule has 0 unspecified atom stereocenters. The van der Waals surface area contributed by atoms with Crippen molar-refractivity contribution >= 4 is 17.8 Å². The molecule has 0 fully saturated rings. The van der Waals surface area contributed by atoms with E-state index >= 15 is 0 Å². The van der Waals surface area contributed by atoms with Crippen LogP contribution in [0.4, 0.5) is 0 Å². The van der Waals surface area contributed by atoms with E-state index in [4.69, 9.17) is 9.47 Å². The fraction of sp³-hybridized carbons (Fsp3) is 0.278. The minimum Gasteiger partial charge on any atom is -0.493 e. The van der Waals surface area contributed by atoms with Gasteiger partial charge in [-0.15, -0.1) is 0 Å². The Hall–Kier alpha value is -3.09. The van der Waals surface area contributed by atoms with Crippen LogP contribution in [0.1, 0.15) is 22.5 Å². The summed E-state index contributed by atoms with van der Waals surface area (Å²) in [6.07, 6.45) is 1.70. The second-order valence-electron chi connectivity index (χ2n) is 5.41. The van der Waals surface area contributed by atoms with Gasteiger partial charge in [0.1, 0.15) is 11.4 Å². The lowest BCUT2D eigenvalue weighted by molar-refractivity contribution is -0.148. The fourth-order valence-electron chi connectivity index (χ4n) is 2.10. The molecule has 1 heterocycles. The minimum atomic E-state index is -0.681. The van der Waals surface area contributed by atoms with Gasteiger partial charge in [-0.05, 0) is 30.7 Å². The van der Waals surface area contributed by atoms with Crippen LogP contribution in [0, 0.1) is 6.92 Å². The van der Waals surface area contributed by atoms with Crippen molar-refractivity contribution in [3.05, 3.63) is 53.9 Å². The molecule has 1 aromatic heterocycles. The summed E-state index contributed by atoms with van der Waals surface area (Å²) in [6.45, 7) is 1.54. The number of para-hydroxylation sites is 1. The highest BCUT2D eigenvalue weighted by Crippen LogP contribution is 2.16. The Balaban J connectivity index is 1.67. The first-order valence-electron chi connectivity index (χ1n) is 7.77. The molecule has 2 amide bonds. The Bertz CT molecular complexity index is 766. The first-order chi connectivity index (χ1) is 12.0. The summed E-state index contributed by atoms with van der Waals surface area (Å²) in [6, 6.07) is 10.7. The van der Waals surface area contributed by atoms with Crippen molar-refractivity contribution in [3.63, 3.8) is 0 Å². The SMILES string of the molecule is Cc1ccccc1OCCC(=O)OCC(=O)NC(=O)c1cccn1C. The van der Waals surface area contributed by atoms with Gasteiger partial charge >= 0.3 is 5.97 Å². The van der Waals surface area contributed by atoms with E-state index in [1.54, 1.807) is 29.9 Å². The van der Waals surface area contributed by atoms with Crippen LogP contribution in [0.25, 0.3) is 0 Å². The van der Waals surface area contributed by atoms with Crippen molar-refractivity contribution in [2.75, 3.05) is 13.2 Å².